The van der Waals surface area contributed by atoms with Crippen molar-refractivity contribution in [1.82, 2.24) is 10.2 Å². The summed E-state index contributed by atoms with van der Waals surface area (Å²) in [5.74, 6) is -3.71. The number of aromatic nitrogens is 2. The van der Waals surface area contributed by atoms with E-state index in [9.17, 15) is 17.6 Å². The Bertz CT molecular complexity index is 827. The van der Waals surface area contributed by atoms with Crippen LogP contribution < -0.4 is 0 Å². The van der Waals surface area contributed by atoms with Gasteiger partial charge in [0.1, 0.15) is 0 Å². The fourth-order valence-electron chi connectivity index (χ4n) is 2.13. The van der Waals surface area contributed by atoms with Gasteiger partial charge < -0.3 is 0 Å². The zero-order valence-electron chi connectivity index (χ0n) is 11.2. The molecule has 0 atom stereocenters. The summed E-state index contributed by atoms with van der Waals surface area (Å²) in [5, 5.41) is 6.75. The molecule has 112 valence electrons. The molecule has 0 aliphatic carbocycles. The zero-order chi connectivity index (χ0) is 15.7. The van der Waals surface area contributed by atoms with E-state index in [2.05, 4.69) is 10.2 Å². The van der Waals surface area contributed by atoms with Crippen LogP contribution in [0.3, 0.4) is 0 Å². The maximum absolute atomic E-state index is 13.2. The molecule has 0 fully saturated rings. The minimum Gasteiger partial charge on any atom is -0.282 e. The lowest BCUT2D eigenvalue weighted by atomic mass is 10.1. The van der Waals surface area contributed by atoms with Gasteiger partial charge in [-0.2, -0.15) is 5.10 Å². The van der Waals surface area contributed by atoms with Crippen LogP contribution in [-0.2, 0) is 6.42 Å². The van der Waals surface area contributed by atoms with Gasteiger partial charge in [-0.05, 0) is 42.0 Å². The normalized spacial score (nSPS) is 10.9. The first-order chi connectivity index (χ1) is 10.5. The van der Waals surface area contributed by atoms with Crippen LogP contribution in [0, 0.1) is 23.3 Å². The van der Waals surface area contributed by atoms with E-state index in [1.54, 1.807) is 6.07 Å². The SMILES string of the molecule is Fc1ccc(Cc2cc(-c3ccc(F)c(F)c3)n[nH]2)cc1F. The Hall–Kier alpha value is -2.63. The van der Waals surface area contributed by atoms with E-state index in [1.165, 1.54) is 12.1 Å². The Morgan fingerprint density at radius 2 is 1.45 bits per heavy atom. The van der Waals surface area contributed by atoms with Crippen molar-refractivity contribution in [3.05, 3.63) is 77.0 Å². The fourth-order valence-corrected chi connectivity index (χ4v) is 2.13. The molecular weight excluding hydrogens is 296 g/mol. The molecule has 0 unspecified atom stereocenters. The van der Waals surface area contributed by atoms with Crippen LogP contribution in [0.15, 0.2) is 42.5 Å². The molecule has 3 rings (SSSR count). The average molecular weight is 306 g/mol. The third kappa shape index (κ3) is 2.86. The summed E-state index contributed by atoms with van der Waals surface area (Å²) in [4.78, 5) is 0. The van der Waals surface area contributed by atoms with Crippen LogP contribution in [0.25, 0.3) is 11.3 Å². The molecule has 1 N–H and O–H groups in total. The second-order valence-electron chi connectivity index (χ2n) is 4.83. The molecule has 0 bridgehead atoms. The number of nitrogens with zero attached hydrogens (tertiary/aromatic N) is 1. The summed E-state index contributed by atoms with van der Waals surface area (Å²) in [7, 11) is 0. The van der Waals surface area contributed by atoms with Gasteiger partial charge in [-0.25, -0.2) is 17.6 Å². The molecule has 1 heterocycles. The fraction of sp³-hybridized carbons (Fsp3) is 0.0625. The van der Waals surface area contributed by atoms with Gasteiger partial charge in [0.15, 0.2) is 23.3 Å². The van der Waals surface area contributed by atoms with Crippen molar-refractivity contribution >= 4 is 0 Å². The van der Waals surface area contributed by atoms with Gasteiger partial charge >= 0.3 is 0 Å². The van der Waals surface area contributed by atoms with Gasteiger partial charge in [-0.3, -0.25) is 5.10 Å². The van der Waals surface area contributed by atoms with Gasteiger partial charge in [-0.1, -0.05) is 6.07 Å². The average Bonchev–Trinajstić information content (AvgIpc) is 2.94. The molecule has 2 nitrogen and oxygen atoms in total. The maximum atomic E-state index is 13.2. The third-order valence-electron chi connectivity index (χ3n) is 3.22. The van der Waals surface area contributed by atoms with Gasteiger partial charge in [0.2, 0.25) is 0 Å². The first-order valence-corrected chi connectivity index (χ1v) is 6.46. The van der Waals surface area contributed by atoms with E-state index in [4.69, 9.17) is 0 Å². The molecule has 0 radical (unpaired) electrons. The van der Waals surface area contributed by atoms with Crippen LogP contribution in [0.1, 0.15) is 11.3 Å². The highest BCUT2D eigenvalue weighted by Crippen LogP contribution is 2.21. The van der Waals surface area contributed by atoms with Gasteiger partial charge in [-0.15, -0.1) is 0 Å². The predicted molar refractivity (Wildman–Crippen MR) is 73.1 cm³/mol. The van der Waals surface area contributed by atoms with E-state index in [-0.39, 0.29) is 0 Å². The zero-order valence-corrected chi connectivity index (χ0v) is 11.2. The number of hydrogen-bond acceptors (Lipinski definition) is 1. The molecule has 0 aliphatic heterocycles. The summed E-state index contributed by atoms with van der Waals surface area (Å²) in [6.07, 6.45) is 0.313. The number of benzene rings is 2. The molecular formula is C16H10F4N2. The number of halogens is 4. The Morgan fingerprint density at radius 3 is 2.14 bits per heavy atom. The highest BCUT2D eigenvalue weighted by atomic mass is 19.2. The summed E-state index contributed by atoms with van der Waals surface area (Å²) in [6, 6.07) is 8.76. The molecule has 2 aromatic carbocycles. The minimum atomic E-state index is -0.956. The molecule has 0 amide bonds. The molecule has 0 saturated heterocycles. The second-order valence-corrected chi connectivity index (χ2v) is 4.83. The van der Waals surface area contributed by atoms with E-state index >= 15 is 0 Å². The second kappa shape index (κ2) is 5.63. The highest BCUT2D eigenvalue weighted by molar-refractivity contribution is 5.59. The van der Waals surface area contributed by atoms with Crippen molar-refractivity contribution in [3.63, 3.8) is 0 Å². The van der Waals surface area contributed by atoms with Gasteiger partial charge in [0.05, 0.1) is 5.69 Å². The van der Waals surface area contributed by atoms with Crippen LogP contribution in [0.5, 0.6) is 0 Å². The first kappa shape index (κ1) is 14.3. The van der Waals surface area contributed by atoms with Gasteiger partial charge in [0, 0.05) is 17.7 Å². The topological polar surface area (TPSA) is 28.7 Å². The maximum Gasteiger partial charge on any atom is 0.159 e. The summed E-state index contributed by atoms with van der Waals surface area (Å²) < 4.78 is 52.1. The molecule has 0 aliphatic rings. The van der Waals surface area contributed by atoms with Crippen molar-refractivity contribution in [3.8, 4) is 11.3 Å². The lowest BCUT2D eigenvalue weighted by molar-refractivity contribution is 0.507. The molecule has 22 heavy (non-hydrogen) atoms. The van der Waals surface area contributed by atoms with Crippen LogP contribution >= 0.6 is 0 Å². The van der Waals surface area contributed by atoms with Gasteiger partial charge in [0.25, 0.3) is 0 Å². The monoisotopic (exact) mass is 306 g/mol. The number of hydrogen-bond donors (Lipinski definition) is 1. The van der Waals surface area contributed by atoms with E-state index in [0.29, 0.717) is 28.9 Å². The number of H-pyrrole nitrogens is 1. The lowest BCUT2D eigenvalue weighted by Crippen LogP contribution is -1.91. The quantitative estimate of drug-likeness (QED) is 0.721. The molecule has 6 heteroatoms. The van der Waals surface area contributed by atoms with Crippen molar-refractivity contribution in [2.45, 2.75) is 6.42 Å². The largest absolute Gasteiger partial charge is 0.282 e. The highest BCUT2D eigenvalue weighted by Gasteiger charge is 2.09. The van der Waals surface area contributed by atoms with Crippen LogP contribution in [0.2, 0.25) is 0 Å². The molecule has 0 saturated carbocycles. The molecule has 0 spiro atoms. The van der Waals surface area contributed by atoms with Crippen LogP contribution in [-0.4, -0.2) is 10.2 Å². The predicted octanol–water partition coefficient (Wildman–Crippen LogP) is 4.22. The summed E-state index contributed by atoms with van der Waals surface area (Å²) in [5.41, 5.74) is 2.08. The Balaban J connectivity index is 1.84. The number of rotatable bonds is 3. The van der Waals surface area contributed by atoms with E-state index < -0.39 is 23.3 Å². The lowest BCUT2D eigenvalue weighted by Gasteiger charge is -1.99. The first-order valence-electron chi connectivity index (χ1n) is 6.46. The van der Waals surface area contributed by atoms with Crippen molar-refractivity contribution in [2.24, 2.45) is 0 Å². The van der Waals surface area contributed by atoms with Crippen molar-refractivity contribution in [1.29, 1.82) is 0 Å². The third-order valence-corrected chi connectivity index (χ3v) is 3.22. The Kier molecular flexibility index (Phi) is 3.66. The smallest absolute Gasteiger partial charge is 0.159 e. The summed E-state index contributed by atoms with van der Waals surface area (Å²) >= 11 is 0. The minimum absolute atomic E-state index is 0.313. The molecule has 1 aromatic heterocycles. The Morgan fingerprint density at radius 1 is 0.773 bits per heavy atom. The number of nitrogens with one attached hydrogen (secondary N) is 1. The van der Waals surface area contributed by atoms with Crippen molar-refractivity contribution < 1.29 is 17.6 Å². The summed E-state index contributed by atoms with van der Waals surface area (Å²) in [6.45, 7) is 0. The Labute approximate surface area is 123 Å². The molecule has 3 aromatic rings. The van der Waals surface area contributed by atoms with E-state index in [1.807, 2.05) is 0 Å². The van der Waals surface area contributed by atoms with Crippen LogP contribution in [0.4, 0.5) is 17.6 Å². The van der Waals surface area contributed by atoms with E-state index in [0.717, 1.165) is 24.3 Å². The van der Waals surface area contributed by atoms with Crippen molar-refractivity contribution in [2.75, 3.05) is 0 Å². The standard InChI is InChI=1S/C16H10F4N2/c17-12-3-1-9(6-14(12)19)5-11-8-16(22-21-11)10-2-4-13(18)15(20)7-10/h1-4,6-8H,5H2,(H,21,22). The number of aromatic amines is 1.